The minimum absolute atomic E-state index is 0.113. The molecule has 30 heavy (non-hydrogen) atoms. The average Bonchev–Trinajstić information content (AvgIpc) is 3.14. The summed E-state index contributed by atoms with van der Waals surface area (Å²) in [5.74, 6) is 6.04. The van der Waals surface area contributed by atoms with E-state index in [-0.39, 0.29) is 17.5 Å². The van der Waals surface area contributed by atoms with Crippen molar-refractivity contribution >= 4 is 23.4 Å². The Labute approximate surface area is 176 Å². The Morgan fingerprint density at radius 2 is 1.63 bits per heavy atom. The maximum Gasteiger partial charge on any atom is 0.234 e. The molecule has 1 aromatic heterocycles. The number of nitrogens with one attached hydrogen (secondary N) is 1. The molecular formula is C22H18FN5OS. The zero-order chi connectivity index (χ0) is 20.9. The molecule has 1 heterocycles. The molecule has 3 N–H and O–H groups in total. The third-order valence-electron chi connectivity index (χ3n) is 4.39. The second-order valence-electron chi connectivity index (χ2n) is 6.43. The molecule has 6 nitrogen and oxygen atoms in total. The van der Waals surface area contributed by atoms with Gasteiger partial charge in [-0.3, -0.25) is 4.79 Å². The normalized spacial score (nSPS) is 10.7. The topological polar surface area (TPSA) is 85.8 Å². The number of aromatic nitrogens is 3. The van der Waals surface area contributed by atoms with Gasteiger partial charge in [-0.25, -0.2) is 9.07 Å². The van der Waals surface area contributed by atoms with Gasteiger partial charge in [0.15, 0.2) is 5.82 Å². The van der Waals surface area contributed by atoms with Crippen molar-refractivity contribution in [1.82, 2.24) is 14.9 Å². The number of anilines is 1. The van der Waals surface area contributed by atoms with Gasteiger partial charge in [0.05, 0.1) is 5.75 Å². The zero-order valence-corrected chi connectivity index (χ0v) is 16.6. The number of benzene rings is 3. The number of carbonyl (C=O) groups excluding carboxylic acids is 1. The van der Waals surface area contributed by atoms with E-state index >= 15 is 0 Å². The summed E-state index contributed by atoms with van der Waals surface area (Å²) in [6.07, 6.45) is 0. The summed E-state index contributed by atoms with van der Waals surface area (Å²) in [6, 6.07) is 23.3. The van der Waals surface area contributed by atoms with Crippen LogP contribution >= 0.6 is 11.8 Å². The lowest BCUT2D eigenvalue weighted by Gasteiger charge is -2.11. The van der Waals surface area contributed by atoms with Crippen LogP contribution in [0, 0.1) is 5.82 Å². The minimum atomic E-state index is -0.344. The first-order valence-electron chi connectivity index (χ1n) is 9.15. The van der Waals surface area contributed by atoms with E-state index in [1.54, 1.807) is 12.1 Å². The van der Waals surface area contributed by atoms with E-state index < -0.39 is 0 Å². The zero-order valence-electron chi connectivity index (χ0n) is 15.8. The molecule has 0 bridgehead atoms. The van der Waals surface area contributed by atoms with Gasteiger partial charge >= 0.3 is 0 Å². The van der Waals surface area contributed by atoms with Crippen LogP contribution in [-0.4, -0.2) is 26.5 Å². The Kier molecular flexibility index (Phi) is 5.76. The SMILES string of the molecule is Nn1c(SCC(=O)Nc2ccccc2-c2ccccc2)nnc1-c1ccc(F)cc1. The highest BCUT2D eigenvalue weighted by molar-refractivity contribution is 7.99. The van der Waals surface area contributed by atoms with Crippen LogP contribution in [0.25, 0.3) is 22.5 Å². The molecule has 0 spiro atoms. The van der Waals surface area contributed by atoms with Crippen molar-refractivity contribution in [3.05, 3.63) is 84.7 Å². The predicted octanol–water partition coefficient (Wildman–Crippen LogP) is 4.20. The van der Waals surface area contributed by atoms with Gasteiger partial charge in [-0.05, 0) is 35.9 Å². The molecular weight excluding hydrogens is 401 g/mol. The first kappa shape index (κ1) is 19.7. The van der Waals surface area contributed by atoms with E-state index in [9.17, 15) is 9.18 Å². The van der Waals surface area contributed by atoms with Gasteiger partial charge in [-0.2, -0.15) is 0 Å². The third kappa shape index (κ3) is 4.33. The van der Waals surface area contributed by atoms with Crippen molar-refractivity contribution in [3.8, 4) is 22.5 Å². The van der Waals surface area contributed by atoms with Crippen LogP contribution in [0.5, 0.6) is 0 Å². The molecule has 4 aromatic rings. The number of nitrogens with zero attached hydrogens (tertiary/aromatic N) is 3. The Balaban J connectivity index is 1.44. The fraction of sp³-hybridized carbons (Fsp3) is 0.0455. The molecule has 0 aliphatic carbocycles. The van der Waals surface area contributed by atoms with Gasteiger partial charge in [0.1, 0.15) is 5.82 Å². The summed E-state index contributed by atoms with van der Waals surface area (Å²) in [6.45, 7) is 0. The fourth-order valence-electron chi connectivity index (χ4n) is 2.95. The standard InChI is InChI=1S/C22H18FN5OS/c23-17-12-10-16(11-13-17)21-26-27-22(28(21)24)30-14-20(29)25-19-9-5-4-8-18(19)15-6-2-1-3-7-15/h1-13H,14,24H2,(H,25,29). The Bertz CT molecular complexity index is 1160. The smallest absolute Gasteiger partial charge is 0.234 e. The number of nitrogen functional groups attached to an aromatic ring is 1. The van der Waals surface area contributed by atoms with E-state index in [0.29, 0.717) is 16.5 Å². The van der Waals surface area contributed by atoms with Crippen LogP contribution in [0.2, 0.25) is 0 Å². The summed E-state index contributed by atoms with van der Waals surface area (Å²) in [4.78, 5) is 12.5. The second kappa shape index (κ2) is 8.79. The molecule has 1 amide bonds. The summed E-state index contributed by atoms with van der Waals surface area (Å²) < 4.78 is 14.4. The lowest BCUT2D eigenvalue weighted by molar-refractivity contribution is -0.113. The number of para-hydroxylation sites is 1. The van der Waals surface area contributed by atoms with Crippen LogP contribution in [0.1, 0.15) is 0 Å². The minimum Gasteiger partial charge on any atom is -0.335 e. The number of hydrogen-bond acceptors (Lipinski definition) is 5. The van der Waals surface area contributed by atoms with Crippen LogP contribution in [0.3, 0.4) is 0 Å². The molecule has 0 aliphatic heterocycles. The summed E-state index contributed by atoms with van der Waals surface area (Å²) in [5, 5.41) is 11.4. The van der Waals surface area contributed by atoms with E-state index in [4.69, 9.17) is 5.84 Å². The molecule has 3 aromatic carbocycles. The molecule has 0 unspecified atom stereocenters. The number of hydrogen-bond donors (Lipinski definition) is 2. The highest BCUT2D eigenvalue weighted by atomic mass is 32.2. The van der Waals surface area contributed by atoms with Crippen LogP contribution in [0.4, 0.5) is 10.1 Å². The Morgan fingerprint density at radius 3 is 2.40 bits per heavy atom. The van der Waals surface area contributed by atoms with Crippen LogP contribution in [0.15, 0.2) is 84.0 Å². The van der Waals surface area contributed by atoms with Crippen molar-refractivity contribution in [2.75, 3.05) is 16.9 Å². The molecule has 0 aliphatic rings. The highest BCUT2D eigenvalue weighted by Gasteiger charge is 2.15. The number of thioether (sulfide) groups is 1. The van der Waals surface area contributed by atoms with Gasteiger partial charge in [0.25, 0.3) is 0 Å². The van der Waals surface area contributed by atoms with Gasteiger partial charge in [0, 0.05) is 16.8 Å². The van der Waals surface area contributed by atoms with E-state index in [2.05, 4.69) is 15.5 Å². The maximum absolute atomic E-state index is 13.1. The highest BCUT2D eigenvalue weighted by Crippen LogP contribution is 2.28. The largest absolute Gasteiger partial charge is 0.335 e. The average molecular weight is 419 g/mol. The van der Waals surface area contributed by atoms with Crippen molar-refractivity contribution in [2.24, 2.45) is 0 Å². The van der Waals surface area contributed by atoms with Crippen LogP contribution < -0.4 is 11.2 Å². The molecule has 0 atom stereocenters. The number of carbonyl (C=O) groups is 1. The van der Waals surface area contributed by atoms with Crippen molar-refractivity contribution in [3.63, 3.8) is 0 Å². The van der Waals surface area contributed by atoms with Crippen molar-refractivity contribution < 1.29 is 9.18 Å². The van der Waals surface area contributed by atoms with Gasteiger partial charge in [0.2, 0.25) is 11.1 Å². The van der Waals surface area contributed by atoms with Gasteiger partial charge in [-0.1, -0.05) is 60.3 Å². The quantitative estimate of drug-likeness (QED) is 0.361. The van der Waals surface area contributed by atoms with Crippen molar-refractivity contribution in [2.45, 2.75) is 5.16 Å². The Morgan fingerprint density at radius 1 is 0.933 bits per heavy atom. The molecule has 8 heteroatoms. The molecule has 4 rings (SSSR count). The van der Waals surface area contributed by atoms with Gasteiger partial charge in [-0.15, -0.1) is 10.2 Å². The summed E-state index contributed by atoms with van der Waals surface area (Å²) in [5.41, 5.74) is 3.33. The number of rotatable bonds is 6. The molecule has 0 radical (unpaired) electrons. The predicted molar refractivity (Wildman–Crippen MR) is 117 cm³/mol. The second-order valence-corrected chi connectivity index (χ2v) is 7.37. The van der Waals surface area contributed by atoms with E-state index in [0.717, 1.165) is 16.8 Å². The monoisotopic (exact) mass is 419 g/mol. The van der Waals surface area contributed by atoms with Crippen molar-refractivity contribution in [1.29, 1.82) is 0 Å². The lowest BCUT2D eigenvalue weighted by Crippen LogP contribution is -2.16. The van der Waals surface area contributed by atoms with E-state index in [1.165, 1.54) is 28.6 Å². The fourth-order valence-corrected chi connectivity index (χ4v) is 3.61. The molecule has 150 valence electrons. The molecule has 0 fully saturated rings. The summed E-state index contributed by atoms with van der Waals surface area (Å²) >= 11 is 1.17. The number of nitrogens with two attached hydrogens (primary N) is 1. The Hall–Kier alpha value is -3.65. The lowest BCUT2D eigenvalue weighted by atomic mass is 10.0. The molecule has 0 saturated carbocycles. The van der Waals surface area contributed by atoms with E-state index in [1.807, 2.05) is 54.6 Å². The number of amides is 1. The summed E-state index contributed by atoms with van der Waals surface area (Å²) in [7, 11) is 0. The maximum atomic E-state index is 13.1. The van der Waals surface area contributed by atoms with Gasteiger partial charge < -0.3 is 11.2 Å². The first-order chi connectivity index (χ1) is 14.6. The van der Waals surface area contributed by atoms with Crippen LogP contribution in [-0.2, 0) is 4.79 Å². The first-order valence-corrected chi connectivity index (χ1v) is 10.1. The molecule has 0 saturated heterocycles. The number of halogens is 1. The third-order valence-corrected chi connectivity index (χ3v) is 5.33.